The maximum atomic E-state index is 12.5. The maximum Gasteiger partial charge on any atom is 0.276 e. The first kappa shape index (κ1) is 15.5. The lowest BCUT2D eigenvalue weighted by atomic mass is 10.1. The van der Waals surface area contributed by atoms with E-state index in [2.05, 4.69) is 26.1 Å². The molecule has 2 rings (SSSR count). The van der Waals surface area contributed by atoms with Crippen LogP contribution >= 0.6 is 0 Å². The first-order valence-electron chi connectivity index (χ1n) is 7.06. The number of nitrogens with one attached hydrogen (secondary N) is 1. The van der Waals surface area contributed by atoms with Gasteiger partial charge in [-0.1, -0.05) is 0 Å². The molecule has 0 amide bonds. The minimum atomic E-state index is -3.48. The number of furan rings is 1. The monoisotopic (exact) mass is 300 g/mol. The molecule has 2 heterocycles. The van der Waals surface area contributed by atoms with E-state index in [1.165, 1.54) is 4.31 Å². The Bertz CT molecular complexity index is 557. The molecule has 1 fully saturated rings. The third-order valence-electron chi connectivity index (χ3n) is 3.48. The van der Waals surface area contributed by atoms with Gasteiger partial charge >= 0.3 is 0 Å². The highest BCUT2D eigenvalue weighted by atomic mass is 32.2. The molecule has 1 atom stereocenters. The molecule has 0 radical (unpaired) electrons. The minimum Gasteiger partial charge on any atom is -0.447 e. The normalized spacial score (nSPS) is 21.5. The molecule has 1 unspecified atom stereocenters. The number of hydrogen-bond donors (Lipinski definition) is 1. The van der Waals surface area contributed by atoms with Crippen molar-refractivity contribution in [2.75, 3.05) is 6.54 Å². The Morgan fingerprint density at radius 3 is 2.65 bits per heavy atom. The van der Waals surface area contributed by atoms with E-state index >= 15 is 0 Å². The van der Waals surface area contributed by atoms with Crippen LogP contribution in [0.25, 0.3) is 0 Å². The molecule has 0 aromatic carbocycles. The molecule has 114 valence electrons. The number of sulfonamides is 1. The van der Waals surface area contributed by atoms with Crippen molar-refractivity contribution in [1.82, 2.24) is 9.62 Å². The van der Waals surface area contributed by atoms with Gasteiger partial charge in [0.15, 0.2) is 0 Å². The van der Waals surface area contributed by atoms with Crippen LogP contribution in [0.1, 0.15) is 46.3 Å². The molecule has 1 aliphatic heterocycles. The van der Waals surface area contributed by atoms with E-state index in [4.69, 9.17) is 4.42 Å². The Kier molecular flexibility index (Phi) is 4.27. The van der Waals surface area contributed by atoms with Crippen LogP contribution in [-0.2, 0) is 16.6 Å². The Hall–Kier alpha value is -0.850. The van der Waals surface area contributed by atoms with Crippen LogP contribution in [-0.4, -0.2) is 30.8 Å². The zero-order valence-electron chi connectivity index (χ0n) is 12.6. The molecule has 5 nitrogen and oxygen atoms in total. The fourth-order valence-corrected chi connectivity index (χ4v) is 3.96. The number of nitrogens with zero attached hydrogens (tertiary/aromatic N) is 1. The summed E-state index contributed by atoms with van der Waals surface area (Å²) in [5.41, 5.74) is -0.0324. The van der Waals surface area contributed by atoms with Crippen molar-refractivity contribution in [3.63, 3.8) is 0 Å². The Labute approximate surface area is 121 Å². The highest BCUT2D eigenvalue weighted by molar-refractivity contribution is 7.89. The van der Waals surface area contributed by atoms with Gasteiger partial charge in [0.05, 0.1) is 6.54 Å². The summed E-state index contributed by atoms with van der Waals surface area (Å²) in [6.07, 6.45) is 1.83. The van der Waals surface area contributed by atoms with Gasteiger partial charge < -0.3 is 9.73 Å². The highest BCUT2D eigenvalue weighted by Crippen LogP contribution is 2.26. The van der Waals surface area contributed by atoms with E-state index < -0.39 is 10.0 Å². The zero-order valence-corrected chi connectivity index (χ0v) is 13.5. The third-order valence-corrected chi connectivity index (χ3v) is 5.37. The average Bonchev–Trinajstić information content (AvgIpc) is 2.94. The van der Waals surface area contributed by atoms with E-state index in [1.54, 1.807) is 12.1 Å². The largest absolute Gasteiger partial charge is 0.447 e. The second-order valence-electron chi connectivity index (χ2n) is 6.43. The smallest absolute Gasteiger partial charge is 0.276 e. The van der Waals surface area contributed by atoms with Crippen molar-refractivity contribution < 1.29 is 12.8 Å². The number of rotatable bonds is 4. The van der Waals surface area contributed by atoms with E-state index in [1.807, 2.05) is 6.92 Å². The highest BCUT2D eigenvalue weighted by Gasteiger charge is 2.34. The summed E-state index contributed by atoms with van der Waals surface area (Å²) in [5.74, 6) is 0.644. The maximum absolute atomic E-state index is 12.5. The molecule has 1 N–H and O–H groups in total. The average molecular weight is 300 g/mol. The molecule has 1 aromatic heterocycles. The van der Waals surface area contributed by atoms with Gasteiger partial charge in [-0.15, -0.1) is 0 Å². The van der Waals surface area contributed by atoms with Crippen LogP contribution in [0.4, 0.5) is 0 Å². The van der Waals surface area contributed by atoms with Crippen molar-refractivity contribution in [3.05, 3.63) is 17.9 Å². The molecule has 0 spiro atoms. The predicted octanol–water partition coefficient (Wildman–Crippen LogP) is 2.34. The summed E-state index contributed by atoms with van der Waals surface area (Å²) in [7, 11) is -3.48. The lowest BCUT2D eigenvalue weighted by Crippen LogP contribution is -2.35. The molecule has 20 heavy (non-hydrogen) atoms. The van der Waals surface area contributed by atoms with Gasteiger partial charge in [-0.05, 0) is 52.7 Å². The van der Waals surface area contributed by atoms with Crippen molar-refractivity contribution in [1.29, 1.82) is 0 Å². The topological polar surface area (TPSA) is 62.6 Å². The molecular weight excluding hydrogens is 276 g/mol. The third kappa shape index (κ3) is 3.42. The summed E-state index contributed by atoms with van der Waals surface area (Å²) in [4.78, 5) is 0. The van der Waals surface area contributed by atoms with Crippen LogP contribution in [0.2, 0.25) is 0 Å². The summed E-state index contributed by atoms with van der Waals surface area (Å²) in [6.45, 7) is 9.21. The predicted molar refractivity (Wildman–Crippen MR) is 77.9 cm³/mol. The summed E-state index contributed by atoms with van der Waals surface area (Å²) >= 11 is 0. The van der Waals surface area contributed by atoms with Gasteiger partial charge in [0.1, 0.15) is 5.76 Å². The van der Waals surface area contributed by atoms with Gasteiger partial charge in [-0.2, -0.15) is 4.31 Å². The minimum absolute atomic E-state index is 0.0324. The molecule has 1 aromatic rings. The lowest BCUT2D eigenvalue weighted by Gasteiger charge is -2.20. The quantitative estimate of drug-likeness (QED) is 0.927. The molecule has 0 saturated carbocycles. The van der Waals surface area contributed by atoms with Crippen LogP contribution in [0.5, 0.6) is 0 Å². The second-order valence-corrected chi connectivity index (χ2v) is 8.25. The van der Waals surface area contributed by atoms with E-state index in [-0.39, 0.29) is 16.7 Å². The molecule has 1 aliphatic rings. The Balaban J connectivity index is 2.12. The molecular formula is C14H24N2O3S. The zero-order chi connectivity index (χ0) is 15.0. The van der Waals surface area contributed by atoms with Crippen molar-refractivity contribution in [2.24, 2.45) is 0 Å². The SMILES string of the molecule is CC1CCCN1S(=O)(=O)c1ccc(CNC(C)(C)C)o1. The van der Waals surface area contributed by atoms with E-state index in [9.17, 15) is 8.42 Å². The van der Waals surface area contributed by atoms with Crippen molar-refractivity contribution in [2.45, 2.75) is 63.8 Å². The fourth-order valence-electron chi connectivity index (χ4n) is 2.32. The van der Waals surface area contributed by atoms with Gasteiger partial charge in [0.25, 0.3) is 10.0 Å². The van der Waals surface area contributed by atoms with Gasteiger partial charge in [-0.25, -0.2) is 8.42 Å². The van der Waals surface area contributed by atoms with Gasteiger partial charge in [-0.3, -0.25) is 0 Å². The standard InChI is InChI=1S/C14H24N2O3S/c1-11-6-5-9-16(11)20(17,18)13-8-7-12(19-13)10-15-14(2,3)4/h7-8,11,15H,5-6,9-10H2,1-4H3. The van der Waals surface area contributed by atoms with Crippen LogP contribution in [0, 0.1) is 0 Å². The van der Waals surface area contributed by atoms with Gasteiger partial charge in [0.2, 0.25) is 5.09 Å². The Morgan fingerprint density at radius 2 is 2.10 bits per heavy atom. The molecule has 1 saturated heterocycles. The van der Waals surface area contributed by atoms with E-state index in [0.717, 1.165) is 12.8 Å². The fraction of sp³-hybridized carbons (Fsp3) is 0.714. The van der Waals surface area contributed by atoms with Gasteiger partial charge in [0, 0.05) is 18.1 Å². The Morgan fingerprint density at radius 1 is 1.40 bits per heavy atom. The molecule has 6 heteroatoms. The van der Waals surface area contributed by atoms with Crippen LogP contribution in [0.3, 0.4) is 0 Å². The number of hydrogen-bond acceptors (Lipinski definition) is 4. The summed E-state index contributed by atoms with van der Waals surface area (Å²) in [6, 6.07) is 3.34. The summed E-state index contributed by atoms with van der Waals surface area (Å²) in [5, 5.41) is 3.33. The first-order chi connectivity index (χ1) is 9.20. The molecule has 0 bridgehead atoms. The van der Waals surface area contributed by atoms with Crippen LogP contribution in [0.15, 0.2) is 21.6 Å². The van der Waals surface area contributed by atoms with Crippen molar-refractivity contribution >= 4 is 10.0 Å². The first-order valence-corrected chi connectivity index (χ1v) is 8.50. The lowest BCUT2D eigenvalue weighted by molar-refractivity contribution is 0.343. The summed E-state index contributed by atoms with van der Waals surface area (Å²) < 4.78 is 32.0. The van der Waals surface area contributed by atoms with Crippen molar-refractivity contribution in [3.8, 4) is 0 Å². The molecule has 0 aliphatic carbocycles. The van der Waals surface area contributed by atoms with E-state index in [0.29, 0.717) is 18.8 Å². The van der Waals surface area contributed by atoms with Crippen LogP contribution < -0.4 is 5.32 Å². The second kappa shape index (κ2) is 5.50.